The van der Waals surface area contributed by atoms with Crippen molar-refractivity contribution in [2.45, 2.75) is 50.9 Å². The molecule has 4 atom stereocenters. The number of anilines is 1. The zero-order valence-electron chi connectivity index (χ0n) is 16.2. The topological polar surface area (TPSA) is 84.3 Å². The third-order valence-electron chi connectivity index (χ3n) is 6.26. The normalized spacial score (nSPS) is 31.9. The molecule has 3 aliphatic rings. The van der Waals surface area contributed by atoms with Crippen molar-refractivity contribution in [3.8, 4) is 0 Å². The molecular weight excluding hydrogens is 409 g/mol. The third kappa shape index (κ3) is 4.10. The standard InChI is InChI=1S/C18H25F3N4O3S/c1-11-7-16-22-14(8-15(18(19,20)21)25(16)23-11)12-3-2-5-24(9-12)17(26)13-4-6-29(27,28)10-13/h7,12-15,22H,2-6,8-10H2,1H3/t12?,13?,14-,15+/m0/s1. The Morgan fingerprint density at radius 1 is 1.31 bits per heavy atom. The number of carbonyl (C=O) groups is 1. The largest absolute Gasteiger partial charge is 0.410 e. The summed E-state index contributed by atoms with van der Waals surface area (Å²) in [5.74, 6) is -0.569. The molecule has 0 aromatic carbocycles. The van der Waals surface area contributed by atoms with Gasteiger partial charge in [0.05, 0.1) is 23.1 Å². The van der Waals surface area contributed by atoms with Crippen LogP contribution in [0.2, 0.25) is 0 Å². The number of piperidine rings is 1. The number of aromatic nitrogens is 2. The Bertz CT molecular complexity index is 899. The van der Waals surface area contributed by atoms with E-state index < -0.39 is 34.0 Å². The van der Waals surface area contributed by atoms with E-state index in [1.165, 1.54) is 0 Å². The monoisotopic (exact) mass is 434 g/mol. The molecule has 0 saturated carbocycles. The average Bonchev–Trinajstić information content (AvgIpc) is 3.20. The second kappa shape index (κ2) is 7.17. The van der Waals surface area contributed by atoms with Crippen LogP contribution in [0.4, 0.5) is 19.0 Å². The van der Waals surface area contributed by atoms with Crippen molar-refractivity contribution in [2.75, 3.05) is 29.9 Å². The summed E-state index contributed by atoms with van der Waals surface area (Å²) in [5, 5.41) is 7.20. The van der Waals surface area contributed by atoms with Crippen molar-refractivity contribution < 1.29 is 26.4 Å². The van der Waals surface area contributed by atoms with E-state index in [0.717, 1.165) is 11.1 Å². The van der Waals surface area contributed by atoms with E-state index in [1.807, 2.05) is 0 Å². The first-order valence-electron chi connectivity index (χ1n) is 9.92. The Morgan fingerprint density at radius 2 is 2.07 bits per heavy atom. The number of amides is 1. The molecule has 4 rings (SSSR count). The van der Waals surface area contributed by atoms with E-state index in [1.54, 1.807) is 17.9 Å². The van der Waals surface area contributed by atoms with E-state index >= 15 is 0 Å². The summed E-state index contributed by atoms with van der Waals surface area (Å²) in [5.41, 5.74) is 0.519. The van der Waals surface area contributed by atoms with Gasteiger partial charge in [-0.15, -0.1) is 0 Å². The molecule has 1 aromatic rings. The molecule has 3 aliphatic heterocycles. The highest BCUT2D eigenvalue weighted by Crippen LogP contribution is 2.42. The van der Waals surface area contributed by atoms with E-state index in [2.05, 4.69) is 10.4 Å². The molecule has 2 unspecified atom stereocenters. The van der Waals surface area contributed by atoms with Gasteiger partial charge in [0, 0.05) is 25.2 Å². The van der Waals surface area contributed by atoms with Crippen LogP contribution in [0.3, 0.4) is 0 Å². The van der Waals surface area contributed by atoms with Gasteiger partial charge >= 0.3 is 6.18 Å². The maximum absolute atomic E-state index is 13.6. The van der Waals surface area contributed by atoms with Gasteiger partial charge in [-0.05, 0) is 38.5 Å². The van der Waals surface area contributed by atoms with Crippen LogP contribution in [0.1, 0.15) is 37.4 Å². The highest BCUT2D eigenvalue weighted by atomic mass is 32.2. The Balaban J connectivity index is 1.49. The number of hydrogen-bond acceptors (Lipinski definition) is 5. The number of fused-ring (bicyclic) bond motifs is 1. The molecule has 11 heteroatoms. The zero-order valence-corrected chi connectivity index (χ0v) is 17.0. The lowest BCUT2D eigenvalue weighted by Gasteiger charge is -2.42. The lowest BCUT2D eigenvalue weighted by atomic mass is 9.85. The number of nitrogens with zero attached hydrogens (tertiary/aromatic N) is 3. The summed E-state index contributed by atoms with van der Waals surface area (Å²) in [6.45, 7) is 2.54. The molecule has 29 heavy (non-hydrogen) atoms. The van der Waals surface area contributed by atoms with Crippen LogP contribution in [0.15, 0.2) is 6.07 Å². The Morgan fingerprint density at radius 3 is 2.72 bits per heavy atom. The molecule has 4 heterocycles. The average molecular weight is 434 g/mol. The van der Waals surface area contributed by atoms with Gasteiger partial charge in [0.2, 0.25) is 5.91 Å². The molecule has 0 radical (unpaired) electrons. The lowest BCUT2D eigenvalue weighted by molar-refractivity contribution is -0.175. The second-order valence-electron chi connectivity index (χ2n) is 8.45. The first-order valence-corrected chi connectivity index (χ1v) is 11.7. The van der Waals surface area contributed by atoms with Gasteiger partial charge in [-0.1, -0.05) is 0 Å². The Kier molecular flexibility index (Phi) is 5.07. The molecule has 162 valence electrons. The van der Waals surface area contributed by atoms with E-state index in [4.69, 9.17) is 0 Å². The van der Waals surface area contributed by atoms with Gasteiger partial charge < -0.3 is 10.2 Å². The van der Waals surface area contributed by atoms with Crippen molar-refractivity contribution >= 4 is 21.6 Å². The van der Waals surface area contributed by atoms with Crippen LogP contribution in [-0.4, -0.2) is 65.8 Å². The molecule has 2 fully saturated rings. The lowest BCUT2D eigenvalue weighted by Crippen LogP contribution is -2.50. The van der Waals surface area contributed by atoms with Gasteiger partial charge in [0.15, 0.2) is 15.9 Å². The van der Waals surface area contributed by atoms with Crippen LogP contribution >= 0.6 is 0 Å². The quantitative estimate of drug-likeness (QED) is 0.771. The first kappa shape index (κ1) is 20.5. The highest BCUT2D eigenvalue weighted by Gasteiger charge is 2.48. The SMILES string of the molecule is Cc1cc2n(n1)[C@@H](C(F)(F)F)C[C@@H](C1CCCN(C(=O)C3CCS(=O)(=O)C3)C1)N2. The predicted octanol–water partition coefficient (Wildman–Crippen LogP) is 2.15. The van der Waals surface area contributed by atoms with Gasteiger partial charge in [0.1, 0.15) is 5.82 Å². The molecule has 0 aliphatic carbocycles. The molecule has 1 aromatic heterocycles. The molecule has 2 saturated heterocycles. The number of nitrogens with one attached hydrogen (secondary N) is 1. The molecule has 1 N–H and O–H groups in total. The van der Waals surface area contributed by atoms with Crippen molar-refractivity contribution in [3.05, 3.63) is 11.8 Å². The molecule has 0 spiro atoms. The number of likely N-dealkylation sites (tertiary alicyclic amines) is 1. The number of rotatable bonds is 2. The van der Waals surface area contributed by atoms with Crippen molar-refractivity contribution in [1.29, 1.82) is 0 Å². The van der Waals surface area contributed by atoms with E-state index in [9.17, 15) is 26.4 Å². The summed E-state index contributed by atoms with van der Waals surface area (Å²) in [6.07, 6.45) is -2.79. The summed E-state index contributed by atoms with van der Waals surface area (Å²) < 4.78 is 65.3. The van der Waals surface area contributed by atoms with E-state index in [-0.39, 0.29) is 29.8 Å². The van der Waals surface area contributed by atoms with Crippen LogP contribution in [0.5, 0.6) is 0 Å². The number of hydrogen-bond donors (Lipinski definition) is 1. The van der Waals surface area contributed by atoms with Crippen molar-refractivity contribution in [3.63, 3.8) is 0 Å². The molecule has 0 bridgehead atoms. The first-order chi connectivity index (χ1) is 13.5. The minimum Gasteiger partial charge on any atom is -0.367 e. The number of sulfone groups is 1. The van der Waals surface area contributed by atoms with Crippen LogP contribution < -0.4 is 5.32 Å². The zero-order chi connectivity index (χ0) is 21.0. The predicted molar refractivity (Wildman–Crippen MR) is 100 cm³/mol. The van der Waals surface area contributed by atoms with E-state index in [0.29, 0.717) is 37.4 Å². The molecule has 7 nitrogen and oxygen atoms in total. The fourth-order valence-electron chi connectivity index (χ4n) is 4.82. The molecule has 1 amide bonds. The van der Waals surface area contributed by atoms with Crippen LogP contribution in [-0.2, 0) is 14.6 Å². The van der Waals surface area contributed by atoms with Gasteiger partial charge in [-0.25, -0.2) is 13.1 Å². The molecular formula is C18H25F3N4O3S. The third-order valence-corrected chi connectivity index (χ3v) is 8.03. The smallest absolute Gasteiger partial charge is 0.367 e. The number of alkyl halides is 3. The van der Waals surface area contributed by atoms with Crippen molar-refractivity contribution in [1.82, 2.24) is 14.7 Å². The van der Waals surface area contributed by atoms with Gasteiger partial charge in [-0.2, -0.15) is 18.3 Å². The Labute approximate surface area is 167 Å². The fraction of sp³-hybridized carbons (Fsp3) is 0.778. The fourth-order valence-corrected chi connectivity index (χ4v) is 6.55. The minimum atomic E-state index is -4.41. The second-order valence-corrected chi connectivity index (χ2v) is 10.7. The summed E-state index contributed by atoms with van der Waals surface area (Å²) in [6, 6.07) is -0.503. The summed E-state index contributed by atoms with van der Waals surface area (Å²) >= 11 is 0. The highest BCUT2D eigenvalue weighted by molar-refractivity contribution is 7.91. The van der Waals surface area contributed by atoms with Crippen molar-refractivity contribution in [2.24, 2.45) is 11.8 Å². The maximum atomic E-state index is 13.6. The van der Waals surface area contributed by atoms with Crippen LogP contribution in [0, 0.1) is 18.8 Å². The van der Waals surface area contributed by atoms with Crippen LogP contribution in [0.25, 0.3) is 0 Å². The summed E-state index contributed by atoms with van der Waals surface area (Å²) in [7, 11) is -3.16. The summed E-state index contributed by atoms with van der Waals surface area (Å²) in [4.78, 5) is 14.4. The number of aryl methyl sites for hydroxylation is 1. The van der Waals surface area contributed by atoms with Gasteiger partial charge in [0.25, 0.3) is 0 Å². The van der Waals surface area contributed by atoms with Gasteiger partial charge in [-0.3, -0.25) is 4.79 Å². The maximum Gasteiger partial charge on any atom is 0.410 e. The minimum absolute atomic E-state index is 0.0292. The number of halogens is 3. The Hall–Kier alpha value is -1.78. The number of carbonyl (C=O) groups excluding carboxylic acids is 1.